The van der Waals surface area contributed by atoms with Crippen molar-refractivity contribution in [3.05, 3.63) is 71.9 Å². The van der Waals surface area contributed by atoms with Crippen molar-refractivity contribution in [3.8, 4) is 11.4 Å². The van der Waals surface area contributed by atoms with Gasteiger partial charge in [-0.25, -0.2) is 4.39 Å². The average molecular weight is 395 g/mol. The second-order valence-electron chi connectivity index (χ2n) is 7.19. The van der Waals surface area contributed by atoms with E-state index in [1.54, 1.807) is 12.1 Å². The first-order valence-electron chi connectivity index (χ1n) is 9.69. The number of carbonyl (C=O) groups excluding carboxylic acids is 1. The predicted molar refractivity (Wildman–Crippen MR) is 104 cm³/mol. The number of hydrogen-bond donors (Lipinski definition) is 0. The number of rotatable bonds is 6. The number of nitrogens with zero attached hydrogens (tertiary/aromatic N) is 3. The molecule has 2 aromatic carbocycles. The zero-order valence-corrected chi connectivity index (χ0v) is 16.0. The molecule has 0 bridgehead atoms. The van der Waals surface area contributed by atoms with Gasteiger partial charge < -0.3 is 9.26 Å². The molecule has 0 saturated carbocycles. The van der Waals surface area contributed by atoms with Gasteiger partial charge in [0, 0.05) is 12.1 Å². The smallest absolute Gasteiger partial charge is 0.320 e. The molecule has 1 saturated heterocycles. The minimum Gasteiger partial charge on any atom is -0.460 e. The van der Waals surface area contributed by atoms with E-state index in [1.165, 1.54) is 12.1 Å². The standard InChI is InChI=1S/C22H22FN3O3/c23-19-10-4-8-17(12-19)21-24-22(29-25-21)18-9-5-11-26(13-18)14-20(27)28-15-16-6-2-1-3-7-16/h1-4,6-8,10,12,18H,5,9,11,13-15H2. The summed E-state index contributed by atoms with van der Waals surface area (Å²) in [6.45, 7) is 1.97. The van der Waals surface area contributed by atoms with E-state index in [0.717, 1.165) is 24.9 Å². The summed E-state index contributed by atoms with van der Waals surface area (Å²) >= 11 is 0. The highest BCUT2D eigenvalue weighted by Crippen LogP contribution is 2.27. The van der Waals surface area contributed by atoms with Crippen molar-refractivity contribution < 1.29 is 18.4 Å². The summed E-state index contributed by atoms with van der Waals surface area (Å²) in [6, 6.07) is 15.7. The normalized spacial score (nSPS) is 17.2. The van der Waals surface area contributed by atoms with Gasteiger partial charge in [0.05, 0.1) is 12.5 Å². The lowest BCUT2D eigenvalue weighted by atomic mass is 9.98. The zero-order chi connectivity index (χ0) is 20.1. The van der Waals surface area contributed by atoms with E-state index >= 15 is 0 Å². The van der Waals surface area contributed by atoms with E-state index in [4.69, 9.17) is 9.26 Å². The molecule has 3 aromatic rings. The molecular weight excluding hydrogens is 373 g/mol. The topological polar surface area (TPSA) is 68.5 Å². The van der Waals surface area contributed by atoms with Gasteiger partial charge in [-0.1, -0.05) is 47.6 Å². The second kappa shape index (κ2) is 8.96. The van der Waals surface area contributed by atoms with Crippen LogP contribution in [0.15, 0.2) is 59.1 Å². The van der Waals surface area contributed by atoms with E-state index < -0.39 is 0 Å². The van der Waals surface area contributed by atoms with Crippen molar-refractivity contribution in [2.24, 2.45) is 0 Å². The van der Waals surface area contributed by atoms with Crippen LogP contribution in [0.5, 0.6) is 0 Å². The Hall–Kier alpha value is -3.06. The maximum Gasteiger partial charge on any atom is 0.320 e. The molecule has 1 unspecified atom stereocenters. The fraction of sp³-hybridized carbons (Fsp3) is 0.318. The van der Waals surface area contributed by atoms with Gasteiger partial charge in [0.1, 0.15) is 12.4 Å². The van der Waals surface area contributed by atoms with Gasteiger partial charge in [-0.15, -0.1) is 0 Å². The molecule has 1 fully saturated rings. The highest BCUT2D eigenvalue weighted by molar-refractivity contribution is 5.71. The zero-order valence-electron chi connectivity index (χ0n) is 16.0. The van der Waals surface area contributed by atoms with Crippen molar-refractivity contribution in [3.63, 3.8) is 0 Å². The Labute approximate surface area is 168 Å². The van der Waals surface area contributed by atoms with Crippen molar-refractivity contribution in [2.45, 2.75) is 25.4 Å². The second-order valence-corrected chi connectivity index (χ2v) is 7.19. The summed E-state index contributed by atoms with van der Waals surface area (Å²) in [5.74, 6) is 0.346. The Morgan fingerprint density at radius 2 is 2.07 bits per heavy atom. The third kappa shape index (κ3) is 5.06. The molecule has 0 spiro atoms. The van der Waals surface area contributed by atoms with Crippen LogP contribution in [0.4, 0.5) is 4.39 Å². The number of benzene rings is 2. The van der Waals surface area contributed by atoms with Gasteiger partial charge in [-0.05, 0) is 37.1 Å². The van der Waals surface area contributed by atoms with Crippen LogP contribution in [0.1, 0.15) is 30.2 Å². The summed E-state index contributed by atoms with van der Waals surface area (Å²) in [5, 5.41) is 3.99. The third-order valence-corrected chi connectivity index (χ3v) is 4.97. The van der Waals surface area contributed by atoms with Crippen LogP contribution in [0, 0.1) is 5.82 Å². The molecule has 1 aliphatic rings. The summed E-state index contributed by atoms with van der Waals surface area (Å²) in [4.78, 5) is 18.7. The van der Waals surface area contributed by atoms with Gasteiger partial charge in [0.2, 0.25) is 11.7 Å². The van der Waals surface area contributed by atoms with Crippen molar-refractivity contribution in [2.75, 3.05) is 19.6 Å². The minimum absolute atomic E-state index is 0.0421. The Balaban J connectivity index is 1.33. The van der Waals surface area contributed by atoms with Crippen LogP contribution in [0.3, 0.4) is 0 Å². The summed E-state index contributed by atoms with van der Waals surface area (Å²) < 4.78 is 24.2. The summed E-state index contributed by atoms with van der Waals surface area (Å²) in [7, 11) is 0. The van der Waals surface area contributed by atoms with Crippen LogP contribution in [0.2, 0.25) is 0 Å². The molecule has 0 aliphatic carbocycles. The minimum atomic E-state index is -0.341. The van der Waals surface area contributed by atoms with Crippen LogP contribution >= 0.6 is 0 Å². The Morgan fingerprint density at radius 3 is 2.90 bits per heavy atom. The Morgan fingerprint density at radius 1 is 1.21 bits per heavy atom. The van der Waals surface area contributed by atoms with Gasteiger partial charge in [0.25, 0.3) is 0 Å². The molecule has 6 nitrogen and oxygen atoms in total. The molecule has 1 aliphatic heterocycles. The van der Waals surface area contributed by atoms with E-state index in [1.807, 2.05) is 35.2 Å². The third-order valence-electron chi connectivity index (χ3n) is 4.97. The molecule has 4 rings (SSSR count). The Bertz CT molecular complexity index is 961. The van der Waals surface area contributed by atoms with Crippen LogP contribution in [-0.4, -0.2) is 40.6 Å². The molecule has 1 aromatic heterocycles. The number of ether oxygens (including phenoxy) is 1. The number of esters is 1. The van der Waals surface area contributed by atoms with E-state index in [0.29, 0.717) is 23.8 Å². The first-order chi connectivity index (χ1) is 14.2. The highest BCUT2D eigenvalue weighted by Gasteiger charge is 2.27. The molecule has 1 atom stereocenters. The van der Waals surface area contributed by atoms with Gasteiger partial charge in [-0.2, -0.15) is 4.98 Å². The van der Waals surface area contributed by atoms with Crippen molar-refractivity contribution in [1.82, 2.24) is 15.0 Å². The first kappa shape index (κ1) is 19.3. The van der Waals surface area contributed by atoms with Gasteiger partial charge >= 0.3 is 5.97 Å². The molecular formula is C22H22FN3O3. The molecule has 7 heteroatoms. The Kier molecular flexibility index (Phi) is 5.95. The fourth-order valence-electron chi connectivity index (χ4n) is 3.51. The fourth-order valence-corrected chi connectivity index (χ4v) is 3.51. The van der Waals surface area contributed by atoms with Crippen molar-refractivity contribution >= 4 is 5.97 Å². The molecule has 0 N–H and O–H groups in total. The highest BCUT2D eigenvalue weighted by atomic mass is 19.1. The largest absolute Gasteiger partial charge is 0.460 e. The predicted octanol–water partition coefficient (Wildman–Crippen LogP) is 3.80. The molecule has 29 heavy (non-hydrogen) atoms. The average Bonchev–Trinajstić information content (AvgIpc) is 3.24. The lowest BCUT2D eigenvalue weighted by Crippen LogP contribution is -2.38. The van der Waals surface area contributed by atoms with Crippen molar-refractivity contribution in [1.29, 1.82) is 0 Å². The van der Waals surface area contributed by atoms with Gasteiger partial charge in [-0.3, -0.25) is 9.69 Å². The monoisotopic (exact) mass is 395 g/mol. The molecule has 0 amide bonds. The van der Waals surface area contributed by atoms with E-state index in [2.05, 4.69) is 10.1 Å². The van der Waals surface area contributed by atoms with Crippen LogP contribution in [-0.2, 0) is 16.1 Å². The first-order valence-corrected chi connectivity index (χ1v) is 9.69. The number of likely N-dealkylation sites (tertiary alicyclic amines) is 1. The van der Waals surface area contributed by atoms with Crippen LogP contribution < -0.4 is 0 Å². The molecule has 0 radical (unpaired) electrons. The maximum absolute atomic E-state index is 13.4. The number of halogens is 1. The maximum atomic E-state index is 13.4. The number of hydrogen-bond acceptors (Lipinski definition) is 6. The number of piperidine rings is 1. The molecule has 150 valence electrons. The SMILES string of the molecule is O=C(CN1CCCC(c2nc(-c3cccc(F)c3)no2)C1)OCc1ccccc1. The number of carbonyl (C=O) groups is 1. The number of aromatic nitrogens is 2. The summed E-state index contributed by atoms with van der Waals surface area (Å²) in [5.41, 5.74) is 1.55. The van der Waals surface area contributed by atoms with E-state index in [9.17, 15) is 9.18 Å². The van der Waals surface area contributed by atoms with Crippen LogP contribution in [0.25, 0.3) is 11.4 Å². The van der Waals surface area contributed by atoms with Gasteiger partial charge in [0.15, 0.2) is 0 Å². The lowest BCUT2D eigenvalue weighted by Gasteiger charge is -2.29. The quantitative estimate of drug-likeness (QED) is 0.592. The molecule has 2 heterocycles. The summed E-state index contributed by atoms with van der Waals surface area (Å²) in [6.07, 6.45) is 1.83. The van der Waals surface area contributed by atoms with E-state index in [-0.39, 0.29) is 30.9 Å². The lowest BCUT2D eigenvalue weighted by molar-refractivity contribution is -0.146.